The summed E-state index contributed by atoms with van der Waals surface area (Å²) in [6, 6.07) is 0. The SMILES string of the molecule is CCO[O].CC[O].CC[O]. The van der Waals surface area contributed by atoms with Crippen LogP contribution < -0.4 is 0 Å². The van der Waals surface area contributed by atoms with Crippen molar-refractivity contribution in [3.05, 3.63) is 0 Å². The van der Waals surface area contributed by atoms with Gasteiger partial charge in [-0.1, -0.05) is 0 Å². The second kappa shape index (κ2) is 36.8. The van der Waals surface area contributed by atoms with Crippen molar-refractivity contribution in [1.29, 1.82) is 0 Å². The highest BCUT2D eigenvalue weighted by molar-refractivity contribution is 3.88. The standard InChI is InChI=1S/C2H5O2.2C2H5O/c1-2-4-3;2*1-2-3/h2H2,1H3;2*2H2,1H3. The summed E-state index contributed by atoms with van der Waals surface area (Å²) in [5.41, 5.74) is 0. The molecular formula is C6H15O4. The van der Waals surface area contributed by atoms with E-state index in [1.807, 2.05) is 0 Å². The first-order chi connectivity index (χ1) is 4.74. The Kier molecular flexibility index (Phi) is 60.6. The van der Waals surface area contributed by atoms with Crippen LogP contribution in [0, 0.1) is 0 Å². The molecule has 0 aliphatic rings. The highest BCUT2D eigenvalue weighted by Gasteiger charge is 1.57. The van der Waals surface area contributed by atoms with Crippen LogP contribution in [0.3, 0.4) is 0 Å². The Morgan fingerprint density at radius 3 is 1.10 bits per heavy atom. The van der Waals surface area contributed by atoms with Gasteiger partial charge in [0.05, 0.1) is 19.8 Å². The van der Waals surface area contributed by atoms with E-state index in [-0.39, 0.29) is 19.8 Å². The van der Waals surface area contributed by atoms with Crippen molar-refractivity contribution >= 4 is 0 Å². The first-order valence-corrected chi connectivity index (χ1v) is 3.15. The molecule has 10 heavy (non-hydrogen) atoms. The van der Waals surface area contributed by atoms with Gasteiger partial charge in [0.1, 0.15) is 0 Å². The zero-order valence-electron chi connectivity index (χ0n) is 6.75. The van der Waals surface area contributed by atoms with Gasteiger partial charge in [-0.15, -0.1) is 0 Å². The Hall–Kier alpha value is -0.160. The van der Waals surface area contributed by atoms with Gasteiger partial charge in [0.25, 0.3) is 0 Å². The fourth-order valence-corrected chi connectivity index (χ4v) is 0. The molecule has 0 rings (SSSR count). The number of hydrogen-bond donors (Lipinski definition) is 0. The van der Waals surface area contributed by atoms with Gasteiger partial charge in [0, 0.05) is 0 Å². The van der Waals surface area contributed by atoms with Crippen molar-refractivity contribution in [2.45, 2.75) is 20.8 Å². The highest BCUT2D eigenvalue weighted by Crippen LogP contribution is 1.53. The van der Waals surface area contributed by atoms with Gasteiger partial charge in [0.2, 0.25) is 0 Å². The fourth-order valence-electron chi connectivity index (χ4n) is 0. The van der Waals surface area contributed by atoms with E-state index in [1.54, 1.807) is 20.8 Å². The van der Waals surface area contributed by atoms with E-state index in [0.29, 0.717) is 0 Å². The second-order valence-corrected chi connectivity index (χ2v) is 0.984. The second-order valence-electron chi connectivity index (χ2n) is 0.984. The maximum absolute atomic E-state index is 8.93. The maximum Gasteiger partial charge on any atom is 0.0826 e. The molecule has 0 saturated heterocycles. The predicted octanol–water partition coefficient (Wildman–Crippen LogP) is 1.24. The molecule has 4 heteroatoms. The molecule has 0 aromatic heterocycles. The van der Waals surface area contributed by atoms with Gasteiger partial charge in [-0.3, -0.25) is 0 Å². The minimum Gasteiger partial charge on any atom is -0.237 e. The van der Waals surface area contributed by atoms with E-state index in [0.717, 1.165) is 0 Å². The van der Waals surface area contributed by atoms with E-state index in [2.05, 4.69) is 4.89 Å². The number of rotatable bonds is 1. The van der Waals surface area contributed by atoms with Crippen LogP contribution in [0.1, 0.15) is 20.8 Å². The molecule has 0 atom stereocenters. The lowest BCUT2D eigenvalue weighted by Gasteiger charge is -1.68. The molecule has 0 fully saturated rings. The fraction of sp³-hybridized carbons (Fsp3) is 1.00. The molecule has 0 N–H and O–H groups in total. The summed E-state index contributed by atoms with van der Waals surface area (Å²) in [5, 5.41) is 26.7. The molecule has 63 valence electrons. The van der Waals surface area contributed by atoms with E-state index in [1.165, 1.54) is 0 Å². The Labute approximate surface area is 62.0 Å². The molecule has 0 aliphatic carbocycles. The van der Waals surface area contributed by atoms with Crippen LogP contribution in [0.5, 0.6) is 0 Å². The summed E-state index contributed by atoms with van der Waals surface area (Å²) < 4.78 is 0. The minimum atomic E-state index is 0. The number of hydrogen-bond acceptors (Lipinski definition) is 1. The summed E-state index contributed by atoms with van der Waals surface area (Å²) in [6.07, 6.45) is 0. The van der Waals surface area contributed by atoms with Crippen LogP contribution in [0.4, 0.5) is 0 Å². The Morgan fingerprint density at radius 1 is 1.00 bits per heavy atom. The smallest absolute Gasteiger partial charge is 0.0826 e. The zero-order chi connectivity index (χ0) is 8.83. The van der Waals surface area contributed by atoms with Crippen LogP contribution in [0.15, 0.2) is 0 Å². The molecule has 0 unspecified atom stereocenters. The average molecular weight is 151 g/mol. The minimum absolute atomic E-state index is 0. The third-order valence-electron chi connectivity index (χ3n) is 0.118. The van der Waals surface area contributed by atoms with Crippen LogP contribution in [0.25, 0.3) is 0 Å². The van der Waals surface area contributed by atoms with Gasteiger partial charge in [0.15, 0.2) is 0 Å². The summed E-state index contributed by atoms with van der Waals surface area (Å²) in [5.74, 6) is 0. The van der Waals surface area contributed by atoms with Crippen LogP contribution in [-0.4, -0.2) is 19.8 Å². The van der Waals surface area contributed by atoms with Crippen LogP contribution in [0.2, 0.25) is 0 Å². The lowest BCUT2D eigenvalue weighted by atomic mass is 10.9. The summed E-state index contributed by atoms with van der Waals surface area (Å²) in [6.45, 7) is 5.05. The van der Waals surface area contributed by atoms with Crippen LogP contribution >= 0.6 is 0 Å². The maximum atomic E-state index is 8.93. The van der Waals surface area contributed by atoms with Crippen molar-refractivity contribution in [2.75, 3.05) is 19.8 Å². The van der Waals surface area contributed by atoms with Crippen molar-refractivity contribution in [2.24, 2.45) is 0 Å². The molecule has 0 amide bonds. The normalized spacial score (nSPS) is 6.60. The molecule has 0 spiro atoms. The largest absolute Gasteiger partial charge is 0.237 e. The van der Waals surface area contributed by atoms with E-state index in [9.17, 15) is 0 Å². The van der Waals surface area contributed by atoms with Gasteiger partial charge in [-0.2, -0.15) is 0 Å². The first-order valence-electron chi connectivity index (χ1n) is 3.15. The topological polar surface area (TPSA) is 68.9 Å². The zero-order valence-corrected chi connectivity index (χ0v) is 6.75. The molecule has 0 aliphatic heterocycles. The summed E-state index contributed by atoms with van der Waals surface area (Å²) in [7, 11) is 0. The van der Waals surface area contributed by atoms with Gasteiger partial charge < -0.3 is 0 Å². The third kappa shape index (κ3) is 520. The molecule has 0 saturated carbocycles. The average Bonchev–Trinajstić information content (AvgIpc) is 1.91. The van der Waals surface area contributed by atoms with Crippen molar-refractivity contribution in [3.63, 3.8) is 0 Å². The molecule has 3 radical (unpaired) electrons. The molecule has 0 heterocycles. The monoisotopic (exact) mass is 151 g/mol. The van der Waals surface area contributed by atoms with Gasteiger partial charge >= 0.3 is 0 Å². The lowest BCUT2D eigenvalue weighted by Crippen LogP contribution is -1.72. The van der Waals surface area contributed by atoms with E-state index in [4.69, 9.17) is 15.5 Å². The first kappa shape index (κ1) is 16.4. The van der Waals surface area contributed by atoms with Crippen molar-refractivity contribution in [3.8, 4) is 0 Å². The molecule has 4 nitrogen and oxygen atoms in total. The van der Waals surface area contributed by atoms with E-state index < -0.39 is 0 Å². The molecule has 0 aromatic carbocycles. The molecular weight excluding hydrogens is 136 g/mol. The quantitative estimate of drug-likeness (QED) is 0.410. The molecule has 0 bridgehead atoms. The predicted molar refractivity (Wildman–Crippen MR) is 34.8 cm³/mol. The molecule has 0 aromatic rings. The highest BCUT2D eigenvalue weighted by atomic mass is 17.1. The lowest BCUT2D eigenvalue weighted by molar-refractivity contribution is -0.299. The van der Waals surface area contributed by atoms with Gasteiger partial charge in [-0.25, -0.2) is 15.1 Å². The van der Waals surface area contributed by atoms with E-state index >= 15 is 0 Å². The van der Waals surface area contributed by atoms with Gasteiger partial charge in [-0.05, 0) is 26.0 Å². The van der Waals surface area contributed by atoms with Crippen LogP contribution in [-0.2, 0) is 20.4 Å². The Morgan fingerprint density at radius 2 is 1.10 bits per heavy atom. The third-order valence-corrected chi connectivity index (χ3v) is 0.118. The Bertz CT molecular complexity index is 21.7. The summed E-state index contributed by atoms with van der Waals surface area (Å²) in [4.78, 5) is 3.29. The Balaban J connectivity index is -0.0000000750. The van der Waals surface area contributed by atoms with Crippen molar-refractivity contribution < 1.29 is 20.4 Å². The van der Waals surface area contributed by atoms with Crippen molar-refractivity contribution in [1.82, 2.24) is 0 Å². The summed E-state index contributed by atoms with van der Waals surface area (Å²) >= 11 is 0.